The largest absolute Gasteiger partial charge is 0.409 e. The van der Waals surface area contributed by atoms with Gasteiger partial charge in [-0.2, -0.15) is 0 Å². The lowest BCUT2D eigenvalue weighted by Crippen LogP contribution is -2.34. The molecule has 0 aliphatic rings. The summed E-state index contributed by atoms with van der Waals surface area (Å²) in [7, 11) is 0. The maximum Gasteiger partial charge on any atom is 0.144 e. The zero-order chi connectivity index (χ0) is 11.0. The van der Waals surface area contributed by atoms with Crippen LogP contribution in [0.25, 0.3) is 0 Å². The molecule has 0 rings (SSSR count). The Bertz CT molecular complexity index is 248. The number of hydrogen-bond acceptors (Lipinski definition) is 3. The standard InChI is InChI=1S/C10H19N3O/c1-4-5-7-12-8-6-10(2,3)9(11)13-14/h12,14H,6-8H2,1-3H3,(H2,11,13). The fraction of sp³-hybridized carbons (Fsp3) is 0.700. The molecule has 14 heavy (non-hydrogen) atoms. The van der Waals surface area contributed by atoms with Crippen molar-refractivity contribution in [3.63, 3.8) is 0 Å². The van der Waals surface area contributed by atoms with Gasteiger partial charge >= 0.3 is 0 Å². The van der Waals surface area contributed by atoms with E-state index in [1.54, 1.807) is 0 Å². The van der Waals surface area contributed by atoms with Crippen LogP contribution < -0.4 is 11.1 Å². The highest BCUT2D eigenvalue weighted by Gasteiger charge is 2.22. The topological polar surface area (TPSA) is 70.6 Å². The molecular formula is C10H19N3O. The van der Waals surface area contributed by atoms with Crippen LogP contribution in [0.15, 0.2) is 5.16 Å². The Hall–Kier alpha value is -1.21. The number of hydrogen-bond donors (Lipinski definition) is 3. The highest BCUT2D eigenvalue weighted by atomic mass is 16.4. The lowest BCUT2D eigenvalue weighted by molar-refractivity contribution is 0.305. The first-order chi connectivity index (χ1) is 6.54. The summed E-state index contributed by atoms with van der Waals surface area (Å²) in [4.78, 5) is 0. The Morgan fingerprint density at radius 2 is 2.21 bits per heavy atom. The van der Waals surface area contributed by atoms with Crippen molar-refractivity contribution in [2.75, 3.05) is 13.1 Å². The third-order valence-electron chi connectivity index (χ3n) is 2.12. The van der Waals surface area contributed by atoms with Crippen molar-refractivity contribution in [2.45, 2.75) is 27.2 Å². The monoisotopic (exact) mass is 197 g/mol. The van der Waals surface area contributed by atoms with Gasteiger partial charge in [0.05, 0.1) is 6.54 Å². The minimum absolute atomic E-state index is 0.265. The van der Waals surface area contributed by atoms with Crippen LogP contribution in [-0.2, 0) is 0 Å². The number of oxime groups is 1. The Balaban J connectivity index is 3.81. The summed E-state index contributed by atoms with van der Waals surface area (Å²) >= 11 is 0. The Morgan fingerprint density at radius 1 is 1.57 bits per heavy atom. The van der Waals surface area contributed by atoms with Crippen molar-refractivity contribution in [3.8, 4) is 11.8 Å². The van der Waals surface area contributed by atoms with Gasteiger partial charge < -0.3 is 16.3 Å². The van der Waals surface area contributed by atoms with E-state index in [1.807, 2.05) is 20.8 Å². The third-order valence-corrected chi connectivity index (χ3v) is 2.12. The molecule has 0 bridgehead atoms. The van der Waals surface area contributed by atoms with Gasteiger partial charge in [-0.3, -0.25) is 0 Å². The van der Waals surface area contributed by atoms with Crippen LogP contribution in [0.1, 0.15) is 27.2 Å². The van der Waals surface area contributed by atoms with Crippen molar-refractivity contribution in [3.05, 3.63) is 0 Å². The van der Waals surface area contributed by atoms with E-state index < -0.39 is 0 Å². The SMILES string of the molecule is CC#CCNCCC(C)(C)C(N)=NO. The molecule has 0 aliphatic carbocycles. The first-order valence-corrected chi connectivity index (χ1v) is 4.63. The molecule has 0 atom stereocenters. The minimum Gasteiger partial charge on any atom is -0.409 e. The molecule has 0 spiro atoms. The molecule has 0 aromatic heterocycles. The molecule has 0 aliphatic heterocycles. The van der Waals surface area contributed by atoms with Crippen LogP contribution in [0.3, 0.4) is 0 Å². The summed E-state index contributed by atoms with van der Waals surface area (Å²) in [5, 5.41) is 14.7. The predicted octanol–water partition coefficient (Wildman–Crippen LogP) is 0.762. The first kappa shape index (κ1) is 12.8. The van der Waals surface area contributed by atoms with E-state index in [1.165, 1.54) is 0 Å². The highest BCUT2D eigenvalue weighted by Crippen LogP contribution is 2.19. The molecule has 0 unspecified atom stereocenters. The van der Waals surface area contributed by atoms with Crippen LogP contribution in [0.4, 0.5) is 0 Å². The van der Waals surface area contributed by atoms with E-state index in [0.29, 0.717) is 6.54 Å². The van der Waals surface area contributed by atoms with Crippen LogP contribution in [0.5, 0.6) is 0 Å². The third kappa shape index (κ3) is 4.73. The maximum absolute atomic E-state index is 8.53. The zero-order valence-corrected chi connectivity index (χ0v) is 9.09. The fourth-order valence-corrected chi connectivity index (χ4v) is 0.904. The molecule has 0 radical (unpaired) electrons. The van der Waals surface area contributed by atoms with Crippen LogP contribution >= 0.6 is 0 Å². The van der Waals surface area contributed by atoms with E-state index >= 15 is 0 Å². The van der Waals surface area contributed by atoms with Gasteiger partial charge in [-0.15, -0.1) is 5.92 Å². The lowest BCUT2D eigenvalue weighted by Gasteiger charge is -2.22. The summed E-state index contributed by atoms with van der Waals surface area (Å²) < 4.78 is 0. The van der Waals surface area contributed by atoms with Crippen molar-refractivity contribution < 1.29 is 5.21 Å². The first-order valence-electron chi connectivity index (χ1n) is 4.63. The van der Waals surface area contributed by atoms with Gasteiger partial charge in [0.15, 0.2) is 0 Å². The zero-order valence-electron chi connectivity index (χ0n) is 9.09. The summed E-state index contributed by atoms with van der Waals surface area (Å²) in [5.74, 6) is 5.97. The molecule has 4 N–H and O–H groups in total. The van der Waals surface area contributed by atoms with E-state index in [-0.39, 0.29) is 11.3 Å². The van der Waals surface area contributed by atoms with Gasteiger partial charge in [-0.25, -0.2) is 0 Å². The average molecular weight is 197 g/mol. The molecule has 0 heterocycles. The van der Waals surface area contributed by atoms with Crippen molar-refractivity contribution in [2.24, 2.45) is 16.3 Å². The highest BCUT2D eigenvalue weighted by molar-refractivity contribution is 5.85. The van der Waals surface area contributed by atoms with Gasteiger partial charge in [-0.05, 0) is 19.9 Å². The molecule has 4 heteroatoms. The molecule has 80 valence electrons. The van der Waals surface area contributed by atoms with E-state index in [2.05, 4.69) is 22.3 Å². The van der Waals surface area contributed by atoms with Crippen LogP contribution in [-0.4, -0.2) is 24.1 Å². The van der Waals surface area contributed by atoms with E-state index in [4.69, 9.17) is 10.9 Å². The van der Waals surface area contributed by atoms with E-state index in [9.17, 15) is 0 Å². The van der Waals surface area contributed by atoms with Crippen LogP contribution in [0.2, 0.25) is 0 Å². The second kappa shape index (κ2) is 6.28. The van der Waals surface area contributed by atoms with Crippen molar-refractivity contribution in [1.29, 1.82) is 0 Å². The predicted molar refractivity (Wildman–Crippen MR) is 58.1 cm³/mol. The molecule has 0 aromatic rings. The Morgan fingerprint density at radius 3 is 2.71 bits per heavy atom. The minimum atomic E-state index is -0.276. The molecular weight excluding hydrogens is 178 g/mol. The summed E-state index contributed by atoms with van der Waals surface area (Å²) in [6.45, 7) is 7.17. The van der Waals surface area contributed by atoms with Gasteiger partial charge in [0.25, 0.3) is 0 Å². The smallest absolute Gasteiger partial charge is 0.144 e. The molecule has 0 saturated heterocycles. The summed E-state index contributed by atoms with van der Waals surface area (Å²) in [6.07, 6.45) is 0.814. The van der Waals surface area contributed by atoms with Crippen molar-refractivity contribution >= 4 is 5.84 Å². The second-order valence-electron chi connectivity index (χ2n) is 3.72. The van der Waals surface area contributed by atoms with Crippen molar-refractivity contribution in [1.82, 2.24) is 5.32 Å². The number of amidine groups is 1. The molecule has 0 aromatic carbocycles. The molecule has 0 saturated carbocycles. The van der Waals surface area contributed by atoms with Gasteiger partial charge in [0.2, 0.25) is 0 Å². The van der Waals surface area contributed by atoms with E-state index in [0.717, 1.165) is 13.0 Å². The Kier molecular flexibility index (Phi) is 5.73. The quantitative estimate of drug-likeness (QED) is 0.152. The number of rotatable bonds is 5. The molecule has 0 amide bonds. The molecule has 0 fully saturated rings. The Labute approximate surface area is 85.6 Å². The average Bonchev–Trinajstić information content (AvgIpc) is 2.16. The lowest BCUT2D eigenvalue weighted by atomic mass is 9.88. The van der Waals surface area contributed by atoms with Gasteiger partial charge in [0, 0.05) is 5.41 Å². The molecule has 4 nitrogen and oxygen atoms in total. The van der Waals surface area contributed by atoms with Crippen LogP contribution in [0, 0.1) is 17.3 Å². The number of nitrogens with one attached hydrogen (secondary N) is 1. The van der Waals surface area contributed by atoms with Gasteiger partial charge in [0.1, 0.15) is 5.84 Å². The number of nitrogens with zero attached hydrogens (tertiary/aromatic N) is 1. The number of nitrogens with two attached hydrogens (primary N) is 1. The summed E-state index contributed by atoms with van der Waals surface area (Å²) in [6, 6.07) is 0. The fourth-order valence-electron chi connectivity index (χ4n) is 0.904. The second-order valence-corrected chi connectivity index (χ2v) is 3.72. The normalized spacial score (nSPS) is 12.1. The van der Waals surface area contributed by atoms with Gasteiger partial charge in [-0.1, -0.05) is 24.9 Å². The maximum atomic E-state index is 8.53. The summed E-state index contributed by atoms with van der Waals surface area (Å²) in [5.41, 5.74) is 5.26.